The Hall–Kier alpha value is -0.683. The summed E-state index contributed by atoms with van der Waals surface area (Å²) in [6.07, 6.45) is 2.66. The molecule has 0 aromatic rings. The molecular formula is C15H30O4Si. The van der Waals surface area contributed by atoms with E-state index in [1.807, 2.05) is 0 Å². The van der Waals surface area contributed by atoms with E-state index in [4.69, 9.17) is 9.16 Å². The van der Waals surface area contributed by atoms with Gasteiger partial charge in [0.1, 0.15) is 12.2 Å². The van der Waals surface area contributed by atoms with E-state index in [1.165, 1.54) is 6.92 Å². The summed E-state index contributed by atoms with van der Waals surface area (Å²) < 4.78 is 11.0. The van der Waals surface area contributed by atoms with Crippen LogP contribution >= 0.6 is 0 Å². The zero-order valence-corrected chi connectivity index (χ0v) is 14.9. The first kappa shape index (κ1) is 19.3. The van der Waals surface area contributed by atoms with Gasteiger partial charge >= 0.3 is 5.97 Å². The maximum Gasteiger partial charge on any atom is 0.313 e. The molecule has 0 radical (unpaired) electrons. The summed E-state index contributed by atoms with van der Waals surface area (Å²) in [5, 5.41) is 0.245. The number of rotatable bonds is 9. The van der Waals surface area contributed by atoms with Crippen LogP contribution in [0.3, 0.4) is 0 Å². The molecule has 0 aliphatic heterocycles. The minimum atomic E-state index is -1.63. The molecule has 0 saturated heterocycles. The lowest BCUT2D eigenvalue weighted by atomic mass is 10.2. The fourth-order valence-electron chi connectivity index (χ4n) is 1.37. The number of carbonyl (C=O) groups excluding carboxylic acids is 2. The molecule has 118 valence electrons. The van der Waals surface area contributed by atoms with Gasteiger partial charge in [-0.2, -0.15) is 0 Å². The highest BCUT2D eigenvalue weighted by molar-refractivity contribution is 6.74. The van der Waals surface area contributed by atoms with Crippen LogP contribution in [0.25, 0.3) is 0 Å². The second-order valence-electron chi connectivity index (χ2n) is 6.77. The number of hydrogen-bond acceptors (Lipinski definition) is 4. The topological polar surface area (TPSA) is 52.6 Å². The van der Waals surface area contributed by atoms with Gasteiger partial charge in [-0.15, -0.1) is 0 Å². The van der Waals surface area contributed by atoms with Gasteiger partial charge < -0.3 is 9.16 Å². The molecule has 0 aliphatic carbocycles. The van der Waals surface area contributed by atoms with Crippen LogP contribution in [0.4, 0.5) is 0 Å². The predicted octanol–water partition coefficient (Wildman–Crippen LogP) is 3.70. The second-order valence-corrected chi connectivity index (χ2v) is 11.6. The molecule has 0 aliphatic rings. The third-order valence-corrected chi connectivity index (χ3v) is 8.25. The highest BCUT2D eigenvalue weighted by Crippen LogP contribution is 2.36. The standard InChI is InChI=1S/C15H30O4Si/c1-13(16)12-14(17)18-10-8-7-9-11-19-20(5,6)15(2,3)4/h7-12H2,1-6H3. The van der Waals surface area contributed by atoms with Crippen molar-refractivity contribution in [2.45, 2.75) is 71.5 Å². The van der Waals surface area contributed by atoms with Gasteiger partial charge in [-0.25, -0.2) is 0 Å². The highest BCUT2D eigenvalue weighted by atomic mass is 28.4. The van der Waals surface area contributed by atoms with Crippen molar-refractivity contribution < 1.29 is 18.8 Å². The molecule has 4 nitrogen and oxygen atoms in total. The van der Waals surface area contributed by atoms with Crippen molar-refractivity contribution in [2.75, 3.05) is 13.2 Å². The van der Waals surface area contributed by atoms with Crippen LogP contribution in [0.5, 0.6) is 0 Å². The Kier molecular flexibility index (Phi) is 8.28. The molecule has 0 fully saturated rings. The zero-order valence-electron chi connectivity index (χ0n) is 13.9. The molecule has 0 N–H and O–H groups in total. The molecule has 0 heterocycles. The Balaban J connectivity index is 3.60. The van der Waals surface area contributed by atoms with Crippen molar-refractivity contribution >= 4 is 20.1 Å². The van der Waals surface area contributed by atoms with E-state index in [9.17, 15) is 9.59 Å². The third kappa shape index (κ3) is 8.48. The fourth-order valence-corrected chi connectivity index (χ4v) is 2.45. The number of unbranched alkanes of at least 4 members (excludes halogenated alkanes) is 2. The molecule has 0 aromatic carbocycles. The molecule has 0 saturated carbocycles. The van der Waals surface area contributed by atoms with Gasteiger partial charge in [0.2, 0.25) is 0 Å². The number of Topliss-reactive ketones (excluding diaryl/α,β-unsaturated/α-hetero) is 1. The molecule has 0 unspecified atom stereocenters. The molecule has 0 atom stereocenters. The summed E-state index contributed by atoms with van der Waals surface area (Å²) in [5.41, 5.74) is 0. The first-order valence-electron chi connectivity index (χ1n) is 7.35. The quantitative estimate of drug-likeness (QED) is 0.282. The Labute approximate surface area is 124 Å². The van der Waals surface area contributed by atoms with Crippen LogP contribution in [0.1, 0.15) is 53.4 Å². The normalized spacial score (nSPS) is 12.3. The van der Waals surface area contributed by atoms with Crippen LogP contribution in [0, 0.1) is 0 Å². The lowest BCUT2D eigenvalue weighted by molar-refractivity contribution is -0.145. The van der Waals surface area contributed by atoms with Gasteiger partial charge in [0, 0.05) is 6.61 Å². The van der Waals surface area contributed by atoms with Crippen molar-refractivity contribution in [2.24, 2.45) is 0 Å². The monoisotopic (exact) mass is 302 g/mol. The Morgan fingerprint density at radius 3 is 2.05 bits per heavy atom. The van der Waals surface area contributed by atoms with E-state index in [1.54, 1.807) is 0 Å². The third-order valence-electron chi connectivity index (χ3n) is 3.71. The van der Waals surface area contributed by atoms with E-state index < -0.39 is 14.3 Å². The Bertz CT molecular complexity index is 318. The van der Waals surface area contributed by atoms with Crippen LogP contribution < -0.4 is 0 Å². The Morgan fingerprint density at radius 1 is 1.00 bits per heavy atom. The van der Waals surface area contributed by atoms with E-state index in [2.05, 4.69) is 33.9 Å². The van der Waals surface area contributed by atoms with Gasteiger partial charge in [-0.3, -0.25) is 9.59 Å². The molecule has 0 rings (SSSR count). The first-order valence-corrected chi connectivity index (χ1v) is 10.3. The molecule has 0 aromatic heterocycles. The molecule has 0 amide bonds. The minimum Gasteiger partial charge on any atom is -0.465 e. The molecule has 5 heteroatoms. The first-order chi connectivity index (χ1) is 9.06. The van der Waals surface area contributed by atoms with E-state index >= 15 is 0 Å². The molecular weight excluding hydrogens is 272 g/mol. The van der Waals surface area contributed by atoms with Crippen molar-refractivity contribution in [3.05, 3.63) is 0 Å². The van der Waals surface area contributed by atoms with Crippen molar-refractivity contribution in [3.8, 4) is 0 Å². The number of carbonyl (C=O) groups is 2. The number of ether oxygens (including phenoxy) is 1. The largest absolute Gasteiger partial charge is 0.465 e. The molecule has 0 spiro atoms. The minimum absolute atomic E-state index is 0.117. The van der Waals surface area contributed by atoms with Crippen molar-refractivity contribution in [1.29, 1.82) is 0 Å². The van der Waals surface area contributed by atoms with Gasteiger partial charge in [-0.1, -0.05) is 20.8 Å². The van der Waals surface area contributed by atoms with Crippen LogP contribution in [-0.2, 0) is 18.8 Å². The van der Waals surface area contributed by atoms with Crippen LogP contribution in [-0.4, -0.2) is 33.3 Å². The number of esters is 1. The van der Waals surface area contributed by atoms with Crippen molar-refractivity contribution in [1.82, 2.24) is 0 Å². The van der Waals surface area contributed by atoms with Gasteiger partial charge in [0.25, 0.3) is 0 Å². The van der Waals surface area contributed by atoms with E-state index in [-0.39, 0.29) is 17.2 Å². The number of hydrogen-bond donors (Lipinski definition) is 0. The fraction of sp³-hybridized carbons (Fsp3) is 0.867. The van der Waals surface area contributed by atoms with Crippen LogP contribution in [0.15, 0.2) is 0 Å². The maximum atomic E-state index is 11.1. The Morgan fingerprint density at radius 2 is 1.55 bits per heavy atom. The summed E-state index contributed by atoms with van der Waals surface area (Å²) in [4.78, 5) is 21.8. The van der Waals surface area contributed by atoms with Gasteiger partial charge in [0.15, 0.2) is 8.32 Å². The van der Waals surface area contributed by atoms with Gasteiger partial charge in [0.05, 0.1) is 6.61 Å². The second kappa shape index (κ2) is 8.57. The van der Waals surface area contributed by atoms with Crippen molar-refractivity contribution in [3.63, 3.8) is 0 Å². The maximum absolute atomic E-state index is 11.1. The smallest absolute Gasteiger partial charge is 0.313 e. The summed E-state index contributed by atoms with van der Waals surface area (Å²) in [6, 6.07) is 0. The van der Waals surface area contributed by atoms with Crippen LogP contribution in [0.2, 0.25) is 18.1 Å². The van der Waals surface area contributed by atoms with E-state index in [0.29, 0.717) is 6.61 Å². The number of ketones is 1. The summed E-state index contributed by atoms with van der Waals surface area (Å²) >= 11 is 0. The predicted molar refractivity (Wildman–Crippen MR) is 83.3 cm³/mol. The summed E-state index contributed by atoms with van der Waals surface area (Å²) in [7, 11) is -1.63. The summed E-state index contributed by atoms with van der Waals surface area (Å²) in [6.45, 7) is 13.7. The average Bonchev–Trinajstić information content (AvgIpc) is 2.25. The lowest BCUT2D eigenvalue weighted by Gasteiger charge is -2.36. The molecule has 20 heavy (non-hydrogen) atoms. The zero-order chi connectivity index (χ0) is 15.8. The van der Waals surface area contributed by atoms with Gasteiger partial charge in [-0.05, 0) is 44.3 Å². The van der Waals surface area contributed by atoms with E-state index in [0.717, 1.165) is 25.9 Å². The SMILES string of the molecule is CC(=O)CC(=O)OCCCCCO[Si](C)(C)C(C)(C)C. The highest BCUT2D eigenvalue weighted by Gasteiger charge is 2.36. The average molecular weight is 302 g/mol. The molecule has 0 bridgehead atoms. The summed E-state index contributed by atoms with van der Waals surface area (Å²) in [5.74, 6) is -0.576. The lowest BCUT2D eigenvalue weighted by Crippen LogP contribution is -2.40.